The van der Waals surface area contributed by atoms with Crippen LogP contribution in [0.3, 0.4) is 0 Å². The second-order valence-electron chi connectivity index (χ2n) is 8.36. The van der Waals surface area contributed by atoms with E-state index in [9.17, 15) is 9.59 Å². The summed E-state index contributed by atoms with van der Waals surface area (Å²) in [5.41, 5.74) is 1.18. The maximum absolute atomic E-state index is 13.0. The molecule has 0 radical (unpaired) electrons. The first-order valence-electron chi connectivity index (χ1n) is 10.8. The number of urea groups is 1. The van der Waals surface area contributed by atoms with Gasteiger partial charge in [-0.1, -0.05) is 43.2 Å². The number of nitrogens with zero attached hydrogens (tertiary/aromatic N) is 3. The van der Waals surface area contributed by atoms with Gasteiger partial charge in [-0.15, -0.1) is 0 Å². The van der Waals surface area contributed by atoms with Crippen LogP contribution < -0.4 is 5.32 Å². The highest BCUT2D eigenvalue weighted by Crippen LogP contribution is 2.22. The number of benzene rings is 1. The predicted octanol–water partition coefficient (Wildman–Crippen LogP) is 2.45. The first kappa shape index (κ1) is 19.2. The average Bonchev–Trinajstić information content (AvgIpc) is 3.26. The van der Waals surface area contributed by atoms with Gasteiger partial charge >= 0.3 is 6.03 Å². The van der Waals surface area contributed by atoms with Gasteiger partial charge in [0.2, 0.25) is 5.91 Å². The van der Waals surface area contributed by atoms with Gasteiger partial charge in [0.1, 0.15) is 0 Å². The maximum Gasteiger partial charge on any atom is 0.317 e. The number of amides is 3. The molecule has 1 atom stereocenters. The average molecular weight is 385 g/mol. The fourth-order valence-corrected chi connectivity index (χ4v) is 4.81. The quantitative estimate of drug-likeness (QED) is 0.868. The Morgan fingerprint density at radius 3 is 2.50 bits per heavy atom. The monoisotopic (exact) mass is 384 g/mol. The first-order valence-corrected chi connectivity index (χ1v) is 10.8. The van der Waals surface area contributed by atoms with Gasteiger partial charge in [0.25, 0.3) is 0 Å². The standard InChI is InChI=1S/C22H32N4O2/c27-21-20(11-14-26(21)17-18-7-2-1-3-8-18)24-12-6-13-25(16-15-24)22(28)23-19-9-4-5-10-19/h1-3,7-8,19-20H,4-6,9-17H2,(H,23,28). The Morgan fingerprint density at radius 1 is 0.929 bits per heavy atom. The van der Waals surface area contributed by atoms with Gasteiger partial charge < -0.3 is 15.1 Å². The van der Waals surface area contributed by atoms with Crippen LogP contribution in [0.5, 0.6) is 0 Å². The lowest BCUT2D eigenvalue weighted by Gasteiger charge is -2.27. The summed E-state index contributed by atoms with van der Waals surface area (Å²) in [6, 6.07) is 10.6. The van der Waals surface area contributed by atoms with Gasteiger partial charge in [0.15, 0.2) is 0 Å². The molecule has 1 aromatic carbocycles. The molecule has 3 fully saturated rings. The summed E-state index contributed by atoms with van der Waals surface area (Å²) in [6.07, 6.45) is 6.49. The van der Waals surface area contributed by atoms with Crippen LogP contribution >= 0.6 is 0 Å². The van der Waals surface area contributed by atoms with Crippen LogP contribution in [0.1, 0.15) is 44.1 Å². The first-order chi connectivity index (χ1) is 13.7. The van der Waals surface area contributed by atoms with E-state index < -0.39 is 0 Å². The van der Waals surface area contributed by atoms with E-state index in [0.717, 1.165) is 51.9 Å². The van der Waals surface area contributed by atoms with Crippen molar-refractivity contribution in [3.05, 3.63) is 35.9 Å². The fraction of sp³-hybridized carbons (Fsp3) is 0.636. The van der Waals surface area contributed by atoms with Crippen molar-refractivity contribution in [3.8, 4) is 0 Å². The minimum Gasteiger partial charge on any atom is -0.337 e. The van der Waals surface area contributed by atoms with E-state index in [-0.39, 0.29) is 18.0 Å². The largest absolute Gasteiger partial charge is 0.337 e. The molecule has 6 heteroatoms. The van der Waals surface area contributed by atoms with E-state index in [1.54, 1.807) is 0 Å². The molecule has 6 nitrogen and oxygen atoms in total. The smallest absolute Gasteiger partial charge is 0.317 e. The number of hydrogen-bond acceptors (Lipinski definition) is 3. The third-order valence-corrected chi connectivity index (χ3v) is 6.43. The van der Waals surface area contributed by atoms with Gasteiger partial charge in [0, 0.05) is 45.3 Å². The second-order valence-corrected chi connectivity index (χ2v) is 8.36. The highest BCUT2D eigenvalue weighted by atomic mass is 16.2. The van der Waals surface area contributed by atoms with Crippen molar-refractivity contribution in [1.82, 2.24) is 20.0 Å². The van der Waals surface area contributed by atoms with Crippen molar-refractivity contribution in [2.75, 3.05) is 32.7 Å². The Bertz CT molecular complexity index is 674. The molecule has 4 rings (SSSR count). The molecule has 0 bridgehead atoms. The summed E-state index contributed by atoms with van der Waals surface area (Å²) in [7, 11) is 0. The van der Waals surface area contributed by atoms with E-state index in [4.69, 9.17) is 0 Å². The third kappa shape index (κ3) is 4.49. The number of likely N-dealkylation sites (tertiary alicyclic amines) is 1. The summed E-state index contributed by atoms with van der Waals surface area (Å²) in [4.78, 5) is 31.8. The Morgan fingerprint density at radius 2 is 1.71 bits per heavy atom. The van der Waals surface area contributed by atoms with Gasteiger partial charge in [-0.05, 0) is 31.2 Å². The van der Waals surface area contributed by atoms with E-state index in [0.29, 0.717) is 19.1 Å². The molecule has 0 aromatic heterocycles. The molecule has 2 heterocycles. The summed E-state index contributed by atoms with van der Waals surface area (Å²) in [5, 5.41) is 3.20. The lowest BCUT2D eigenvalue weighted by molar-refractivity contribution is -0.132. The Kier molecular flexibility index (Phi) is 6.15. The SMILES string of the molecule is O=C(NC1CCCC1)N1CCCN(C2CCN(Cc3ccccc3)C2=O)CC1. The lowest BCUT2D eigenvalue weighted by atomic mass is 10.2. The van der Waals surface area contributed by atoms with Gasteiger partial charge in [-0.25, -0.2) is 4.79 Å². The van der Waals surface area contributed by atoms with Crippen LogP contribution in [0.4, 0.5) is 4.79 Å². The van der Waals surface area contributed by atoms with Crippen molar-refractivity contribution in [2.24, 2.45) is 0 Å². The predicted molar refractivity (Wildman–Crippen MR) is 109 cm³/mol. The number of carbonyl (C=O) groups excluding carboxylic acids is 2. The van der Waals surface area contributed by atoms with Crippen LogP contribution in [-0.4, -0.2) is 71.4 Å². The summed E-state index contributed by atoms with van der Waals surface area (Å²) in [6.45, 7) is 4.68. The Balaban J connectivity index is 1.29. The summed E-state index contributed by atoms with van der Waals surface area (Å²) in [5.74, 6) is 0.243. The molecule has 2 aliphatic heterocycles. The number of carbonyl (C=O) groups is 2. The number of nitrogens with one attached hydrogen (secondary N) is 1. The molecule has 0 spiro atoms. The highest BCUT2D eigenvalue weighted by Gasteiger charge is 2.36. The molecule has 2 saturated heterocycles. The zero-order valence-electron chi connectivity index (χ0n) is 16.7. The van der Waals surface area contributed by atoms with Crippen LogP contribution in [-0.2, 0) is 11.3 Å². The topological polar surface area (TPSA) is 55.9 Å². The van der Waals surface area contributed by atoms with E-state index in [1.807, 2.05) is 28.0 Å². The molecule has 1 saturated carbocycles. The number of rotatable bonds is 4. The zero-order chi connectivity index (χ0) is 19.3. The second kappa shape index (κ2) is 8.95. The molecule has 3 aliphatic rings. The molecule has 3 amide bonds. The van der Waals surface area contributed by atoms with Crippen molar-refractivity contribution < 1.29 is 9.59 Å². The minimum atomic E-state index is -0.0263. The van der Waals surface area contributed by atoms with Gasteiger partial charge in [0.05, 0.1) is 6.04 Å². The molecule has 28 heavy (non-hydrogen) atoms. The molecule has 1 aromatic rings. The summed E-state index contributed by atoms with van der Waals surface area (Å²) < 4.78 is 0. The van der Waals surface area contributed by atoms with E-state index in [2.05, 4.69) is 22.3 Å². The van der Waals surface area contributed by atoms with Crippen molar-refractivity contribution >= 4 is 11.9 Å². The Labute approximate surface area is 167 Å². The zero-order valence-corrected chi connectivity index (χ0v) is 16.7. The molecule has 1 unspecified atom stereocenters. The molecule has 1 N–H and O–H groups in total. The van der Waals surface area contributed by atoms with E-state index >= 15 is 0 Å². The minimum absolute atomic E-state index is 0.0263. The normalized spacial score (nSPS) is 24.6. The van der Waals surface area contributed by atoms with Crippen molar-refractivity contribution in [3.63, 3.8) is 0 Å². The van der Waals surface area contributed by atoms with Crippen LogP contribution in [0.15, 0.2) is 30.3 Å². The Hall–Kier alpha value is -2.08. The van der Waals surface area contributed by atoms with Crippen molar-refractivity contribution in [1.29, 1.82) is 0 Å². The van der Waals surface area contributed by atoms with Crippen molar-refractivity contribution in [2.45, 2.75) is 57.2 Å². The third-order valence-electron chi connectivity index (χ3n) is 6.43. The van der Waals surface area contributed by atoms with Crippen LogP contribution in [0, 0.1) is 0 Å². The molecular formula is C22H32N4O2. The van der Waals surface area contributed by atoms with E-state index in [1.165, 1.54) is 18.4 Å². The lowest BCUT2D eigenvalue weighted by Crippen LogP contribution is -2.47. The van der Waals surface area contributed by atoms with Gasteiger partial charge in [-0.2, -0.15) is 0 Å². The summed E-state index contributed by atoms with van der Waals surface area (Å²) >= 11 is 0. The van der Waals surface area contributed by atoms with Crippen LogP contribution in [0.2, 0.25) is 0 Å². The number of hydrogen-bond donors (Lipinski definition) is 1. The molecular weight excluding hydrogens is 352 g/mol. The highest BCUT2D eigenvalue weighted by molar-refractivity contribution is 5.84. The molecule has 1 aliphatic carbocycles. The van der Waals surface area contributed by atoms with Crippen LogP contribution in [0.25, 0.3) is 0 Å². The van der Waals surface area contributed by atoms with Gasteiger partial charge in [-0.3, -0.25) is 9.69 Å². The molecule has 152 valence electrons. The fourth-order valence-electron chi connectivity index (χ4n) is 4.81. The maximum atomic E-state index is 13.0.